The average molecular weight is 420 g/mol. The first-order chi connectivity index (χ1) is 11.9. The predicted octanol–water partition coefficient (Wildman–Crippen LogP) is 3.93. The molecule has 0 radical (unpaired) electrons. The maximum absolute atomic E-state index is 12.8. The second kappa shape index (κ2) is 6.82. The summed E-state index contributed by atoms with van der Waals surface area (Å²) in [6.45, 7) is 1.41. The van der Waals surface area contributed by atoms with Crippen LogP contribution in [0.1, 0.15) is 12.5 Å². The van der Waals surface area contributed by atoms with Crippen LogP contribution in [-0.2, 0) is 14.4 Å². The smallest absolute Gasteiger partial charge is 0.277 e. The van der Waals surface area contributed by atoms with Crippen molar-refractivity contribution in [3.05, 3.63) is 63.6 Å². The summed E-state index contributed by atoms with van der Waals surface area (Å²) >= 11 is 9.47. The number of rotatable bonds is 3. The van der Waals surface area contributed by atoms with Gasteiger partial charge in [-0.15, -0.1) is 0 Å². The highest BCUT2D eigenvalue weighted by molar-refractivity contribution is 9.10. The topological polar surface area (TPSA) is 66.5 Å². The molecule has 0 saturated carbocycles. The summed E-state index contributed by atoms with van der Waals surface area (Å²) in [4.78, 5) is 37.4. The van der Waals surface area contributed by atoms with Gasteiger partial charge in [0.05, 0.1) is 11.3 Å². The standard InChI is InChI=1S/C18H12BrClN2O3/c1-10(23)21-13-7-5-11(6-8-13)15-16(20)18(25)22(17(15)24)14-4-2-3-12(19)9-14/h2-9H,1H3,(H,21,23). The summed E-state index contributed by atoms with van der Waals surface area (Å²) in [6.07, 6.45) is 0. The van der Waals surface area contributed by atoms with E-state index in [9.17, 15) is 14.4 Å². The van der Waals surface area contributed by atoms with Gasteiger partial charge in [-0.3, -0.25) is 14.4 Å². The Labute approximate surface area is 157 Å². The zero-order valence-electron chi connectivity index (χ0n) is 13.0. The van der Waals surface area contributed by atoms with Gasteiger partial charge in [0.1, 0.15) is 5.03 Å². The molecule has 1 N–H and O–H groups in total. The fraction of sp³-hybridized carbons (Fsp3) is 0.0556. The zero-order valence-corrected chi connectivity index (χ0v) is 15.4. The molecule has 0 spiro atoms. The van der Waals surface area contributed by atoms with E-state index in [-0.39, 0.29) is 16.5 Å². The van der Waals surface area contributed by atoms with Crippen molar-refractivity contribution in [1.82, 2.24) is 0 Å². The molecule has 7 heteroatoms. The van der Waals surface area contributed by atoms with E-state index in [4.69, 9.17) is 11.6 Å². The molecule has 0 aromatic heterocycles. The Morgan fingerprint density at radius 1 is 1.08 bits per heavy atom. The highest BCUT2D eigenvalue weighted by atomic mass is 79.9. The van der Waals surface area contributed by atoms with E-state index < -0.39 is 11.8 Å². The second-order valence-electron chi connectivity index (χ2n) is 5.37. The van der Waals surface area contributed by atoms with Crippen molar-refractivity contribution in [2.24, 2.45) is 0 Å². The number of amides is 3. The molecule has 0 aliphatic carbocycles. The minimum absolute atomic E-state index is 0.128. The fourth-order valence-electron chi connectivity index (χ4n) is 2.53. The molecule has 0 unspecified atom stereocenters. The highest BCUT2D eigenvalue weighted by Gasteiger charge is 2.39. The normalized spacial score (nSPS) is 14.3. The first-order valence-electron chi connectivity index (χ1n) is 7.30. The van der Waals surface area contributed by atoms with Crippen molar-refractivity contribution in [2.75, 3.05) is 10.2 Å². The summed E-state index contributed by atoms with van der Waals surface area (Å²) in [5.74, 6) is -1.25. The van der Waals surface area contributed by atoms with Crippen molar-refractivity contribution < 1.29 is 14.4 Å². The third kappa shape index (κ3) is 3.36. The van der Waals surface area contributed by atoms with Crippen LogP contribution in [0.3, 0.4) is 0 Å². The molecule has 1 aliphatic heterocycles. The van der Waals surface area contributed by atoms with Crippen LogP contribution < -0.4 is 10.2 Å². The lowest BCUT2D eigenvalue weighted by Crippen LogP contribution is -2.31. The quantitative estimate of drug-likeness (QED) is 0.767. The average Bonchev–Trinajstić information content (AvgIpc) is 2.78. The van der Waals surface area contributed by atoms with Crippen LogP contribution in [-0.4, -0.2) is 17.7 Å². The summed E-state index contributed by atoms with van der Waals surface area (Å²) < 4.78 is 0.745. The van der Waals surface area contributed by atoms with Crippen molar-refractivity contribution in [1.29, 1.82) is 0 Å². The van der Waals surface area contributed by atoms with Crippen LogP contribution in [0, 0.1) is 0 Å². The Morgan fingerprint density at radius 3 is 2.36 bits per heavy atom. The Balaban J connectivity index is 1.96. The lowest BCUT2D eigenvalue weighted by atomic mass is 10.1. The number of nitrogens with zero attached hydrogens (tertiary/aromatic N) is 1. The Hall–Kier alpha value is -2.44. The summed E-state index contributed by atoms with van der Waals surface area (Å²) in [5, 5.41) is 2.51. The van der Waals surface area contributed by atoms with E-state index in [1.807, 2.05) is 0 Å². The van der Waals surface area contributed by atoms with Gasteiger partial charge in [0.25, 0.3) is 11.8 Å². The number of halogens is 2. The van der Waals surface area contributed by atoms with E-state index in [0.29, 0.717) is 16.9 Å². The molecule has 3 amide bonds. The molecule has 0 atom stereocenters. The van der Waals surface area contributed by atoms with E-state index >= 15 is 0 Å². The van der Waals surface area contributed by atoms with Crippen molar-refractivity contribution in [3.8, 4) is 0 Å². The number of hydrogen-bond acceptors (Lipinski definition) is 3. The van der Waals surface area contributed by atoms with Gasteiger partial charge in [0.15, 0.2) is 0 Å². The van der Waals surface area contributed by atoms with Gasteiger partial charge in [0, 0.05) is 17.1 Å². The Kier molecular flexibility index (Phi) is 4.74. The van der Waals surface area contributed by atoms with E-state index in [0.717, 1.165) is 9.37 Å². The van der Waals surface area contributed by atoms with Gasteiger partial charge in [-0.1, -0.05) is 45.7 Å². The third-order valence-corrected chi connectivity index (χ3v) is 4.43. The number of imide groups is 1. The number of carbonyl (C=O) groups excluding carboxylic acids is 3. The summed E-state index contributed by atoms with van der Waals surface area (Å²) in [6, 6.07) is 13.4. The molecule has 3 rings (SSSR count). The molecule has 1 aliphatic rings. The van der Waals surface area contributed by atoms with Gasteiger partial charge in [-0.05, 0) is 35.9 Å². The van der Waals surface area contributed by atoms with Crippen LogP contribution in [0.5, 0.6) is 0 Å². The van der Waals surface area contributed by atoms with Crippen LogP contribution in [0.25, 0.3) is 5.57 Å². The highest BCUT2D eigenvalue weighted by Crippen LogP contribution is 2.35. The lowest BCUT2D eigenvalue weighted by Gasteiger charge is -2.15. The molecule has 5 nitrogen and oxygen atoms in total. The summed E-state index contributed by atoms with van der Waals surface area (Å²) in [5.41, 5.74) is 1.68. The molecule has 2 aromatic carbocycles. The van der Waals surface area contributed by atoms with Gasteiger partial charge in [0.2, 0.25) is 5.91 Å². The maximum atomic E-state index is 12.8. The van der Waals surface area contributed by atoms with E-state index in [2.05, 4.69) is 21.2 Å². The van der Waals surface area contributed by atoms with Gasteiger partial charge >= 0.3 is 0 Å². The molecular weight excluding hydrogens is 408 g/mol. The first kappa shape index (κ1) is 17.4. The molecule has 0 saturated heterocycles. The minimum Gasteiger partial charge on any atom is -0.326 e. The van der Waals surface area contributed by atoms with E-state index in [1.54, 1.807) is 48.5 Å². The Morgan fingerprint density at radius 2 is 1.76 bits per heavy atom. The number of hydrogen-bond donors (Lipinski definition) is 1. The first-order valence-corrected chi connectivity index (χ1v) is 8.47. The number of nitrogens with one attached hydrogen (secondary N) is 1. The molecular formula is C18H12BrClN2O3. The molecule has 1 heterocycles. The van der Waals surface area contributed by atoms with Crippen molar-refractivity contribution >= 4 is 62.2 Å². The predicted molar refractivity (Wildman–Crippen MR) is 100 cm³/mol. The molecule has 25 heavy (non-hydrogen) atoms. The molecule has 2 aromatic rings. The number of benzene rings is 2. The van der Waals surface area contributed by atoms with Gasteiger partial charge < -0.3 is 5.32 Å². The minimum atomic E-state index is -0.564. The molecule has 0 bridgehead atoms. The van der Waals surface area contributed by atoms with Gasteiger partial charge in [-0.25, -0.2) is 4.90 Å². The van der Waals surface area contributed by atoms with Crippen LogP contribution >= 0.6 is 27.5 Å². The van der Waals surface area contributed by atoms with Crippen LogP contribution in [0.4, 0.5) is 11.4 Å². The fourth-order valence-corrected chi connectivity index (χ4v) is 3.19. The largest absolute Gasteiger partial charge is 0.326 e. The second-order valence-corrected chi connectivity index (χ2v) is 6.67. The summed E-state index contributed by atoms with van der Waals surface area (Å²) in [7, 11) is 0. The van der Waals surface area contributed by atoms with Crippen molar-refractivity contribution in [2.45, 2.75) is 6.92 Å². The third-order valence-electron chi connectivity index (χ3n) is 3.59. The zero-order chi connectivity index (χ0) is 18.1. The van der Waals surface area contributed by atoms with E-state index in [1.165, 1.54) is 6.92 Å². The van der Waals surface area contributed by atoms with Crippen LogP contribution in [0.2, 0.25) is 0 Å². The Bertz CT molecular complexity index is 922. The van der Waals surface area contributed by atoms with Crippen LogP contribution in [0.15, 0.2) is 58.0 Å². The van der Waals surface area contributed by atoms with Crippen molar-refractivity contribution in [3.63, 3.8) is 0 Å². The molecule has 126 valence electrons. The van der Waals surface area contributed by atoms with Gasteiger partial charge in [-0.2, -0.15) is 0 Å². The number of anilines is 2. The monoisotopic (exact) mass is 418 g/mol. The SMILES string of the molecule is CC(=O)Nc1ccc(C2=C(Cl)C(=O)N(c3cccc(Br)c3)C2=O)cc1. The lowest BCUT2D eigenvalue weighted by molar-refractivity contribution is -0.120. The maximum Gasteiger partial charge on any atom is 0.277 e. The molecule has 0 fully saturated rings. The number of carbonyl (C=O) groups is 3.